The van der Waals surface area contributed by atoms with Crippen LogP contribution in [0.5, 0.6) is 0 Å². The summed E-state index contributed by atoms with van der Waals surface area (Å²) in [6.45, 7) is 7.34. The molecule has 0 saturated heterocycles. The van der Waals surface area contributed by atoms with E-state index in [1.165, 1.54) is 11.1 Å². The van der Waals surface area contributed by atoms with E-state index in [2.05, 4.69) is 53.7 Å². The lowest BCUT2D eigenvalue weighted by molar-refractivity contribution is 0.709. The van der Waals surface area contributed by atoms with Gasteiger partial charge in [0.1, 0.15) is 5.52 Å². The number of benzene rings is 1. The zero-order valence-corrected chi connectivity index (χ0v) is 12.9. The number of aryl methyl sites for hydroxylation is 2. The van der Waals surface area contributed by atoms with Gasteiger partial charge in [0.25, 0.3) is 0 Å². The van der Waals surface area contributed by atoms with Crippen LogP contribution in [-0.2, 0) is 6.54 Å². The standard InChI is InChI=1S/C15H18N4S/c1-4-8-19-12-7-6-10(3)9-11(12)13-14(19)16-15(18-17-13)20-5-2/h6-7,9H,4-5,8H2,1-3H3. The van der Waals surface area contributed by atoms with Crippen LogP contribution in [0.2, 0.25) is 0 Å². The Hall–Kier alpha value is -1.62. The SMILES string of the molecule is CCCn1c2ccc(C)cc2c2nnc(SCC)nc21. The summed E-state index contributed by atoms with van der Waals surface area (Å²) < 4.78 is 2.26. The largest absolute Gasteiger partial charge is 0.324 e. The van der Waals surface area contributed by atoms with E-state index in [0.29, 0.717) is 0 Å². The van der Waals surface area contributed by atoms with Gasteiger partial charge in [0.2, 0.25) is 5.16 Å². The van der Waals surface area contributed by atoms with Gasteiger partial charge >= 0.3 is 0 Å². The maximum Gasteiger partial charge on any atom is 0.211 e. The van der Waals surface area contributed by atoms with Crippen molar-refractivity contribution in [2.75, 3.05) is 5.75 Å². The number of hydrogen-bond donors (Lipinski definition) is 0. The molecule has 20 heavy (non-hydrogen) atoms. The van der Waals surface area contributed by atoms with E-state index in [9.17, 15) is 0 Å². The van der Waals surface area contributed by atoms with Crippen molar-refractivity contribution < 1.29 is 0 Å². The Labute approximate surface area is 122 Å². The van der Waals surface area contributed by atoms with Crippen LogP contribution in [0, 0.1) is 6.92 Å². The molecule has 5 heteroatoms. The fourth-order valence-electron chi connectivity index (χ4n) is 2.50. The molecule has 0 bridgehead atoms. The quantitative estimate of drug-likeness (QED) is 0.684. The number of thioether (sulfide) groups is 1. The van der Waals surface area contributed by atoms with E-state index >= 15 is 0 Å². The smallest absolute Gasteiger partial charge is 0.211 e. The predicted molar refractivity (Wildman–Crippen MR) is 84.3 cm³/mol. The number of fused-ring (bicyclic) bond motifs is 3. The van der Waals surface area contributed by atoms with Gasteiger partial charge in [0.05, 0.1) is 5.52 Å². The first kappa shape index (κ1) is 13.4. The first-order valence-electron chi connectivity index (χ1n) is 7.00. The summed E-state index contributed by atoms with van der Waals surface area (Å²) in [6.07, 6.45) is 1.08. The van der Waals surface area contributed by atoms with E-state index < -0.39 is 0 Å². The lowest BCUT2D eigenvalue weighted by Crippen LogP contribution is -2.00. The Balaban J connectivity index is 2.34. The Kier molecular flexibility index (Phi) is 3.61. The molecule has 2 aromatic heterocycles. The van der Waals surface area contributed by atoms with E-state index in [1.807, 2.05) is 0 Å². The highest BCUT2D eigenvalue weighted by atomic mass is 32.2. The van der Waals surface area contributed by atoms with Crippen molar-refractivity contribution in [1.29, 1.82) is 0 Å². The molecule has 0 aliphatic rings. The molecule has 104 valence electrons. The molecule has 1 aromatic carbocycles. The molecule has 0 N–H and O–H groups in total. The second-order valence-electron chi connectivity index (χ2n) is 4.87. The van der Waals surface area contributed by atoms with Crippen LogP contribution in [0.25, 0.3) is 22.1 Å². The van der Waals surface area contributed by atoms with Crippen LogP contribution >= 0.6 is 11.8 Å². The normalized spacial score (nSPS) is 11.6. The number of aromatic nitrogens is 4. The second kappa shape index (κ2) is 5.40. The van der Waals surface area contributed by atoms with Gasteiger partial charge < -0.3 is 4.57 Å². The molecular weight excluding hydrogens is 268 g/mol. The molecule has 0 radical (unpaired) electrons. The van der Waals surface area contributed by atoms with E-state index in [4.69, 9.17) is 4.98 Å². The van der Waals surface area contributed by atoms with Crippen molar-refractivity contribution in [2.24, 2.45) is 0 Å². The lowest BCUT2D eigenvalue weighted by atomic mass is 10.2. The molecular formula is C15H18N4S. The summed E-state index contributed by atoms with van der Waals surface area (Å²) in [5.74, 6) is 0.959. The maximum absolute atomic E-state index is 4.70. The van der Waals surface area contributed by atoms with Gasteiger partial charge in [-0.25, -0.2) is 4.98 Å². The summed E-state index contributed by atoms with van der Waals surface area (Å²) in [6, 6.07) is 6.48. The van der Waals surface area contributed by atoms with Gasteiger partial charge in [-0.1, -0.05) is 37.2 Å². The highest BCUT2D eigenvalue weighted by Crippen LogP contribution is 2.28. The van der Waals surface area contributed by atoms with Crippen LogP contribution in [-0.4, -0.2) is 25.5 Å². The van der Waals surface area contributed by atoms with Crippen molar-refractivity contribution >= 4 is 33.8 Å². The molecule has 0 fully saturated rings. The first-order chi connectivity index (χ1) is 9.74. The fourth-order valence-corrected chi connectivity index (χ4v) is 3.00. The average Bonchev–Trinajstić information content (AvgIpc) is 2.73. The Morgan fingerprint density at radius 1 is 1.20 bits per heavy atom. The van der Waals surface area contributed by atoms with Crippen LogP contribution in [0.15, 0.2) is 23.4 Å². The van der Waals surface area contributed by atoms with Gasteiger partial charge in [-0.2, -0.15) is 0 Å². The molecule has 3 aromatic rings. The fraction of sp³-hybridized carbons (Fsp3) is 0.400. The Morgan fingerprint density at radius 2 is 2.05 bits per heavy atom. The van der Waals surface area contributed by atoms with Gasteiger partial charge in [-0.15, -0.1) is 10.2 Å². The first-order valence-corrected chi connectivity index (χ1v) is 7.99. The highest BCUT2D eigenvalue weighted by Gasteiger charge is 2.14. The van der Waals surface area contributed by atoms with Gasteiger partial charge in [-0.05, 0) is 31.2 Å². The van der Waals surface area contributed by atoms with E-state index in [0.717, 1.165) is 40.4 Å². The molecule has 4 nitrogen and oxygen atoms in total. The van der Waals surface area contributed by atoms with Crippen molar-refractivity contribution in [3.8, 4) is 0 Å². The zero-order chi connectivity index (χ0) is 14.1. The summed E-state index contributed by atoms with van der Waals surface area (Å²) in [5.41, 5.74) is 4.31. The molecule has 0 amide bonds. The minimum Gasteiger partial charge on any atom is -0.324 e. The summed E-state index contributed by atoms with van der Waals surface area (Å²) in [5, 5.41) is 10.6. The molecule has 0 atom stereocenters. The summed E-state index contributed by atoms with van der Waals surface area (Å²) in [4.78, 5) is 4.70. The van der Waals surface area contributed by atoms with E-state index in [1.54, 1.807) is 11.8 Å². The van der Waals surface area contributed by atoms with Crippen LogP contribution in [0.3, 0.4) is 0 Å². The van der Waals surface area contributed by atoms with Crippen LogP contribution in [0.1, 0.15) is 25.8 Å². The molecule has 0 unspecified atom stereocenters. The van der Waals surface area contributed by atoms with Crippen molar-refractivity contribution in [3.05, 3.63) is 23.8 Å². The number of hydrogen-bond acceptors (Lipinski definition) is 4. The molecule has 3 rings (SSSR count). The van der Waals surface area contributed by atoms with Gasteiger partial charge in [-0.3, -0.25) is 0 Å². The van der Waals surface area contributed by atoms with Crippen molar-refractivity contribution in [3.63, 3.8) is 0 Å². The van der Waals surface area contributed by atoms with Gasteiger partial charge in [0.15, 0.2) is 5.65 Å². The van der Waals surface area contributed by atoms with E-state index in [-0.39, 0.29) is 0 Å². The molecule has 0 saturated carbocycles. The number of nitrogens with zero attached hydrogens (tertiary/aromatic N) is 4. The monoisotopic (exact) mass is 286 g/mol. The number of rotatable bonds is 4. The third-order valence-electron chi connectivity index (χ3n) is 3.32. The topological polar surface area (TPSA) is 43.6 Å². The second-order valence-corrected chi connectivity index (χ2v) is 6.10. The molecule has 0 aliphatic carbocycles. The van der Waals surface area contributed by atoms with Crippen molar-refractivity contribution in [1.82, 2.24) is 19.7 Å². The zero-order valence-electron chi connectivity index (χ0n) is 12.1. The summed E-state index contributed by atoms with van der Waals surface area (Å²) in [7, 11) is 0. The predicted octanol–water partition coefficient (Wildman–Crippen LogP) is 3.81. The van der Waals surface area contributed by atoms with Crippen LogP contribution < -0.4 is 0 Å². The molecule has 0 aliphatic heterocycles. The molecule has 0 spiro atoms. The average molecular weight is 286 g/mol. The van der Waals surface area contributed by atoms with Crippen LogP contribution in [0.4, 0.5) is 0 Å². The highest BCUT2D eigenvalue weighted by molar-refractivity contribution is 7.99. The lowest BCUT2D eigenvalue weighted by Gasteiger charge is -2.04. The third-order valence-corrected chi connectivity index (χ3v) is 4.04. The Morgan fingerprint density at radius 3 is 2.80 bits per heavy atom. The van der Waals surface area contributed by atoms with Crippen molar-refractivity contribution in [2.45, 2.75) is 38.9 Å². The van der Waals surface area contributed by atoms with Gasteiger partial charge in [0, 0.05) is 11.9 Å². The molecule has 2 heterocycles. The minimum atomic E-state index is 0.761. The minimum absolute atomic E-state index is 0.761. The summed E-state index contributed by atoms with van der Waals surface area (Å²) >= 11 is 1.63. The Bertz CT molecular complexity index is 763. The third kappa shape index (κ3) is 2.16. The maximum atomic E-state index is 4.70.